The molecule has 0 N–H and O–H groups in total. The van der Waals surface area contributed by atoms with Gasteiger partial charge in [-0.25, -0.2) is 0 Å². The fraction of sp³-hybridized carbons (Fsp3) is 0.500. The Hall–Kier alpha value is -3.10. The van der Waals surface area contributed by atoms with Crippen molar-refractivity contribution in [3.8, 4) is 0 Å². The van der Waals surface area contributed by atoms with E-state index in [0.29, 0.717) is 51.6 Å². The number of nitrogens with zero attached hydrogens (tertiary/aromatic N) is 2. The number of unbranched alkanes of at least 4 members (excludes halogenated alkanes) is 4. The van der Waals surface area contributed by atoms with Crippen LogP contribution < -0.4 is 0 Å². The summed E-state index contributed by atoms with van der Waals surface area (Å²) >= 11 is 0. The lowest BCUT2D eigenvalue weighted by molar-refractivity contribution is -0.160. The largest absolute Gasteiger partial charge is 0.393 e. The normalized spacial score (nSPS) is 15.7. The van der Waals surface area contributed by atoms with Crippen LogP contribution in [0.3, 0.4) is 0 Å². The summed E-state index contributed by atoms with van der Waals surface area (Å²) in [6.07, 6.45) is 8.53. The summed E-state index contributed by atoms with van der Waals surface area (Å²) in [5, 5.41) is 0. The maximum Gasteiger partial charge on any atom is 0.313 e. The van der Waals surface area contributed by atoms with Gasteiger partial charge in [-0.05, 0) is 25.7 Å². The first kappa shape index (κ1) is 22.2. The number of carbonyl (C=O) groups is 6. The van der Waals surface area contributed by atoms with Crippen molar-refractivity contribution in [1.29, 1.82) is 0 Å². The third-order valence-electron chi connectivity index (χ3n) is 4.55. The van der Waals surface area contributed by atoms with Crippen molar-refractivity contribution >= 4 is 35.6 Å². The molecule has 0 aromatic heterocycles. The van der Waals surface area contributed by atoms with Crippen LogP contribution in [0.1, 0.15) is 51.4 Å². The molecule has 156 valence electrons. The average Bonchev–Trinajstić information content (AvgIpc) is 3.16. The molecule has 2 aliphatic rings. The summed E-state index contributed by atoms with van der Waals surface area (Å²) in [6, 6.07) is 0. The summed E-state index contributed by atoms with van der Waals surface area (Å²) in [4.78, 5) is 71.1. The molecule has 0 saturated carbocycles. The Labute approximate surface area is 168 Å². The molecule has 0 saturated heterocycles. The first-order chi connectivity index (χ1) is 13.9. The molecule has 4 amide bonds. The molecule has 0 fully saturated rings. The second-order valence-corrected chi connectivity index (χ2v) is 6.79. The van der Waals surface area contributed by atoms with Crippen molar-refractivity contribution in [2.75, 3.05) is 13.1 Å². The van der Waals surface area contributed by atoms with Gasteiger partial charge >= 0.3 is 11.9 Å². The number of hydrogen-bond donors (Lipinski definition) is 0. The van der Waals surface area contributed by atoms with E-state index in [1.165, 1.54) is 24.3 Å². The Kier molecular flexibility index (Phi) is 8.45. The lowest BCUT2D eigenvalue weighted by Crippen LogP contribution is -2.30. The predicted molar refractivity (Wildman–Crippen MR) is 99.8 cm³/mol. The first-order valence-electron chi connectivity index (χ1n) is 9.69. The van der Waals surface area contributed by atoms with Gasteiger partial charge in [0.15, 0.2) is 0 Å². The predicted octanol–water partition coefficient (Wildman–Crippen LogP) is 1.03. The lowest BCUT2D eigenvalue weighted by Gasteiger charge is -2.13. The van der Waals surface area contributed by atoms with Crippen molar-refractivity contribution in [2.45, 2.75) is 51.4 Å². The van der Waals surface area contributed by atoms with Crippen LogP contribution in [0.5, 0.6) is 0 Å². The Morgan fingerprint density at radius 2 is 0.931 bits per heavy atom. The zero-order chi connectivity index (χ0) is 21.2. The summed E-state index contributed by atoms with van der Waals surface area (Å²) in [5.41, 5.74) is 0. The number of amides is 4. The summed E-state index contributed by atoms with van der Waals surface area (Å²) in [7, 11) is 0. The van der Waals surface area contributed by atoms with Gasteiger partial charge in [0.25, 0.3) is 23.6 Å². The number of esters is 2. The van der Waals surface area contributed by atoms with E-state index in [9.17, 15) is 28.8 Å². The van der Waals surface area contributed by atoms with E-state index in [1.54, 1.807) is 0 Å². The van der Waals surface area contributed by atoms with Crippen molar-refractivity contribution in [1.82, 2.24) is 9.80 Å². The second kappa shape index (κ2) is 11.0. The summed E-state index contributed by atoms with van der Waals surface area (Å²) < 4.78 is 4.74. The van der Waals surface area contributed by atoms with E-state index < -0.39 is 11.9 Å². The van der Waals surface area contributed by atoms with E-state index in [2.05, 4.69) is 0 Å². The van der Waals surface area contributed by atoms with E-state index in [4.69, 9.17) is 4.74 Å². The summed E-state index contributed by atoms with van der Waals surface area (Å²) in [6.45, 7) is 0.618. The zero-order valence-electron chi connectivity index (χ0n) is 16.1. The molecule has 0 spiro atoms. The highest BCUT2D eigenvalue weighted by Crippen LogP contribution is 2.10. The van der Waals surface area contributed by atoms with Gasteiger partial charge in [0.05, 0.1) is 0 Å². The molecular formula is C20H24N2O7. The van der Waals surface area contributed by atoms with E-state index in [-0.39, 0.29) is 36.5 Å². The van der Waals surface area contributed by atoms with Crippen LogP contribution in [0.4, 0.5) is 0 Å². The van der Waals surface area contributed by atoms with Crippen LogP contribution in [-0.4, -0.2) is 58.5 Å². The van der Waals surface area contributed by atoms with E-state index in [1.807, 2.05) is 0 Å². The van der Waals surface area contributed by atoms with Gasteiger partial charge < -0.3 is 4.74 Å². The topological polar surface area (TPSA) is 118 Å². The van der Waals surface area contributed by atoms with E-state index in [0.717, 1.165) is 9.80 Å². The molecule has 9 nitrogen and oxygen atoms in total. The van der Waals surface area contributed by atoms with Crippen LogP contribution in [-0.2, 0) is 33.5 Å². The number of rotatable bonds is 12. The lowest BCUT2D eigenvalue weighted by atomic mass is 10.2. The molecule has 2 rings (SSSR count). The Bertz CT molecular complexity index is 656. The highest BCUT2D eigenvalue weighted by molar-refractivity contribution is 6.13. The minimum Gasteiger partial charge on any atom is -0.393 e. The Balaban J connectivity index is 1.46. The van der Waals surface area contributed by atoms with Crippen molar-refractivity contribution in [3.05, 3.63) is 24.3 Å². The fourth-order valence-corrected chi connectivity index (χ4v) is 2.96. The Morgan fingerprint density at radius 1 is 0.586 bits per heavy atom. The molecule has 0 atom stereocenters. The maximum atomic E-state index is 11.7. The smallest absolute Gasteiger partial charge is 0.313 e. The molecule has 0 bridgehead atoms. The van der Waals surface area contributed by atoms with Gasteiger partial charge in [0, 0.05) is 50.2 Å². The molecule has 2 heterocycles. The average molecular weight is 404 g/mol. The second-order valence-electron chi connectivity index (χ2n) is 6.79. The van der Waals surface area contributed by atoms with Gasteiger partial charge in [-0.3, -0.25) is 38.6 Å². The zero-order valence-corrected chi connectivity index (χ0v) is 16.1. The van der Waals surface area contributed by atoms with Crippen LogP contribution in [0.2, 0.25) is 0 Å². The van der Waals surface area contributed by atoms with Gasteiger partial charge in [-0.2, -0.15) is 0 Å². The van der Waals surface area contributed by atoms with Crippen LogP contribution in [0.25, 0.3) is 0 Å². The maximum absolute atomic E-state index is 11.7. The number of imide groups is 2. The third-order valence-corrected chi connectivity index (χ3v) is 4.55. The summed E-state index contributed by atoms with van der Waals surface area (Å²) in [5.74, 6) is -2.48. The van der Waals surface area contributed by atoms with Crippen LogP contribution in [0.15, 0.2) is 24.3 Å². The highest BCUT2D eigenvalue weighted by atomic mass is 16.6. The fourth-order valence-electron chi connectivity index (χ4n) is 2.96. The molecule has 0 unspecified atom stereocenters. The van der Waals surface area contributed by atoms with Crippen LogP contribution in [0, 0.1) is 0 Å². The van der Waals surface area contributed by atoms with Gasteiger partial charge in [-0.15, -0.1) is 0 Å². The molecule has 0 aromatic rings. The van der Waals surface area contributed by atoms with E-state index >= 15 is 0 Å². The highest BCUT2D eigenvalue weighted by Gasteiger charge is 2.23. The van der Waals surface area contributed by atoms with Crippen LogP contribution >= 0.6 is 0 Å². The molecule has 2 aliphatic heterocycles. The number of carbonyl (C=O) groups excluding carboxylic acids is 6. The van der Waals surface area contributed by atoms with Gasteiger partial charge in [0.1, 0.15) is 0 Å². The standard InChI is InChI=1S/C20H24N2O7/c23-15-9-10-16(24)21(15)13-5-1-3-7-19(27)29-20(28)8-4-2-6-14-22-17(25)11-12-18(22)26/h9-12H,1-8,13-14H2. The molecule has 9 heteroatoms. The SMILES string of the molecule is O=C(CCCCCN1C(=O)C=CC1=O)OC(=O)CCCCCN1C(=O)C=CC1=O. The first-order valence-corrected chi connectivity index (χ1v) is 9.69. The molecule has 0 radical (unpaired) electrons. The quantitative estimate of drug-likeness (QED) is 0.206. The molecule has 0 aromatic carbocycles. The number of hydrogen-bond acceptors (Lipinski definition) is 7. The van der Waals surface area contributed by atoms with Crippen molar-refractivity contribution in [2.24, 2.45) is 0 Å². The van der Waals surface area contributed by atoms with Crippen molar-refractivity contribution in [3.63, 3.8) is 0 Å². The third kappa shape index (κ3) is 7.10. The molecule has 0 aliphatic carbocycles. The monoisotopic (exact) mass is 404 g/mol. The number of ether oxygens (including phenoxy) is 1. The molecule has 29 heavy (non-hydrogen) atoms. The van der Waals surface area contributed by atoms with Gasteiger partial charge in [-0.1, -0.05) is 12.8 Å². The Morgan fingerprint density at radius 3 is 1.28 bits per heavy atom. The van der Waals surface area contributed by atoms with Gasteiger partial charge in [0.2, 0.25) is 0 Å². The van der Waals surface area contributed by atoms with Crippen molar-refractivity contribution < 1.29 is 33.5 Å². The minimum absolute atomic E-state index is 0.0953. The minimum atomic E-state index is -0.593. The molecular weight excluding hydrogens is 380 g/mol.